The number of nitro benzene ring substituents is 1. The summed E-state index contributed by atoms with van der Waals surface area (Å²) in [6.45, 7) is 4.42. The van der Waals surface area contributed by atoms with Crippen LogP contribution in [0.15, 0.2) is 90.5 Å². The van der Waals surface area contributed by atoms with Crippen molar-refractivity contribution >= 4 is 46.9 Å². The van der Waals surface area contributed by atoms with Gasteiger partial charge in [0.1, 0.15) is 24.5 Å². The molecule has 0 saturated carbocycles. The van der Waals surface area contributed by atoms with Crippen molar-refractivity contribution in [3.8, 4) is 17.2 Å². The summed E-state index contributed by atoms with van der Waals surface area (Å²) in [7, 11) is 0. The number of carbonyl (C=O) groups excluding carboxylic acids is 3. The van der Waals surface area contributed by atoms with Crippen molar-refractivity contribution in [2.45, 2.75) is 27.1 Å². The van der Waals surface area contributed by atoms with Gasteiger partial charge in [-0.3, -0.25) is 25.0 Å². The Morgan fingerprint density at radius 2 is 1.50 bits per heavy atom. The van der Waals surface area contributed by atoms with E-state index in [-0.39, 0.29) is 46.7 Å². The highest BCUT2D eigenvalue weighted by Gasteiger charge is 2.37. The number of nitrogens with zero attached hydrogens (tertiary/aromatic N) is 2. The minimum absolute atomic E-state index is 0.0457. The van der Waals surface area contributed by atoms with Crippen LogP contribution in [0, 0.1) is 17.0 Å². The van der Waals surface area contributed by atoms with Gasteiger partial charge < -0.3 is 14.2 Å². The predicted octanol–water partition coefficient (Wildman–Crippen LogP) is 6.78. The minimum atomic E-state index is -0.886. The predicted molar refractivity (Wildman–Crippen MR) is 171 cm³/mol. The maximum Gasteiger partial charge on any atom is 0.335 e. The number of ether oxygens (including phenoxy) is 3. The fourth-order valence-corrected chi connectivity index (χ4v) is 4.82. The number of hydrogen-bond donors (Lipinski definition) is 1. The van der Waals surface area contributed by atoms with Crippen LogP contribution < -0.4 is 24.4 Å². The zero-order valence-electron chi connectivity index (χ0n) is 24.8. The number of halogens is 1. The molecule has 1 N–H and O–H groups in total. The van der Waals surface area contributed by atoms with E-state index in [0.717, 1.165) is 16.0 Å². The number of urea groups is 1. The summed E-state index contributed by atoms with van der Waals surface area (Å²) >= 11 is 6.54. The molecule has 0 spiro atoms. The summed E-state index contributed by atoms with van der Waals surface area (Å²) in [6.07, 6.45) is 1.31. The second-order valence-electron chi connectivity index (χ2n) is 10.2. The van der Waals surface area contributed by atoms with E-state index in [0.29, 0.717) is 23.5 Å². The van der Waals surface area contributed by atoms with Crippen LogP contribution in [0.4, 0.5) is 16.2 Å². The molecule has 4 aromatic carbocycles. The molecule has 4 aromatic rings. The zero-order chi connectivity index (χ0) is 32.8. The van der Waals surface area contributed by atoms with Crippen LogP contribution in [0.3, 0.4) is 0 Å². The lowest BCUT2D eigenvalue weighted by Gasteiger charge is -2.26. The Hall–Kier alpha value is -5.68. The number of carbonyl (C=O) groups is 3. The summed E-state index contributed by atoms with van der Waals surface area (Å²) < 4.78 is 17.4. The van der Waals surface area contributed by atoms with E-state index in [1.165, 1.54) is 24.3 Å². The van der Waals surface area contributed by atoms with Crippen molar-refractivity contribution in [3.63, 3.8) is 0 Å². The van der Waals surface area contributed by atoms with Crippen LogP contribution in [-0.2, 0) is 22.8 Å². The summed E-state index contributed by atoms with van der Waals surface area (Å²) in [5, 5.41) is 13.3. The van der Waals surface area contributed by atoms with Crippen molar-refractivity contribution in [1.82, 2.24) is 5.32 Å². The highest BCUT2D eigenvalue weighted by molar-refractivity contribution is 6.39. The molecule has 0 aliphatic carbocycles. The van der Waals surface area contributed by atoms with Crippen LogP contribution >= 0.6 is 11.6 Å². The molecular formula is C34H28ClN3O8. The number of aryl methyl sites for hydroxylation is 1. The average Bonchev–Trinajstić information content (AvgIpc) is 3.03. The third-order valence-electron chi connectivity index (χ3n) is 6.90. The van der Waals surface area contributed by atoms with Crippen molar-refractivity contribution in [2.24, 2.45) is 0 Å². The van der Waals surface area contributed by atoms with Crippen LogP contribution in [0.2, 0.25) is 5.02 Å². The standard InChI is InChI=1S/C34H28ClN3O8/c1-3-44-30-18-24(17-29(35)31(30)46-20-23-8-10-26(11-9-23)38(42)43)16-28-32(39)36-34(41)37(33(28)40)25-12-14-27(15-13-25)45-19-22-6-4-21(2)5-7-22/h4-18H,3,19-20H2,1-2H3,(H,36,39,41)/b28-16+. The summed E-state index contributed by atoms with van der Waals surface area (Å²) in [5.41, 5.74) is 3.05. The van der Waals surface area contributed by atoms with Gasteiger partial charge in [0.25, 0.3) is 17.5 Å². The molecule has 1 fully saturated rings. The van der Waals surface area contributed by atoms with Gasteiger partial charge in [0.2, 0.25) is 0 Å². The Labute approximate surface area is 269 Å². The number of hydrogen-bond acceptors (Lipinski definition) is 8. The van der Waals surface area contributed by atoms with E-state index < -0.39 is 22.8 Å². The average molecular weight is 642 g/mol. The number of benzene rings is 4. The lowest BCUT2D eigenvalue weighted by Crippen LogP contribution is -2.54. The number of nitro groups is 1. The fraction of sp³-hybridized carbons (Fsp3) is 0.147. The van der Waals surface area contributed by atoms with Crippen LogP contribution in [0.5, 0.6) is 17.2 Å². The van der Waals surface area contributed by atoms with Crippen molar-refractivity contribution in [2.75, 3.05) is 11.5 Å². The van der Waals surface area contributed by atoms with Gasteiger partial charge in [-0.1, -0.05) is 41.4 Å². The van der Waals surface area contributed by atoms with Crippen LogP contribution in [-0.4, -0.2) is 29.4 Å². The van der Waals surface area contributed by atoms with Crippen molar-refractivity contribution in [3.05, 3.63) is 128 Å². The van der Waals surface area contributed by atoms with E-state index in [9.17, 15) is 24.5 Å². The van der Waals surface area contributed by atoms with E-state index in [2.05, 4.69) is 5.32 Å². The molecule has 0 atom stereocenters. The van der Waals surface area contributed by atoms with E-state index in [1.54, 1.807) is 49.4 Å². The second-order valence-corrected chi connectivity index (χ2v) is 10.6. The summed E-state index contributed by atoms with van der Waals surface area (Å²) in [5.74, 6) is -0.687. The fourth-order valence-electron chi connectivity index (χ4n) is 4.54. The quantitative estimate of drug-likeness (QED) is 0.0819. The Kier molecular flexibility index (Phi) is 9.63. The highest BCUT2D eigenvalue weighted by atomic mass is 35.5. The number of anilines is 1. The lowest BCUT2D eigenvalue weighted by atomic mass is 10.1. The topological polar surface area (TPSA) is 137 Å². The number of rotatable bonds is 11. The van der Waals surface area contributed by atoms with Gasteiger partial charge in [-0.05, 0) is 85.1 Å². The molecule has 1 saturated heterocycles. The third-order valence-corrected chi connectivity index (χ3v) is 7.18. The first-order valence-electron chi connectivity index (χ1n) is 14.1. The molecule has 5 rings (SSSR count). The number of nitrogens with one attached hydrogen (secondary N) is 1. The molecule has 4 amide bonds. The summed E-state index contributed by atoms with van der Waals surface area (Å²) in [4.78, 5) is 50.3. The zero-order valence-corrected chi connectivity index (χ0v) is 25.6. The first-order chi connectivity index (χ1) is 22.1. The van der Waals surface area contributed by atoms with E-state index in [1.807, 2.05) is 31.2 Å². The molecule has 1 aliphatic heterocycles. The SMILES string of the molecule is CCOc1cc(/C=C2\C(=O)NC(=O)N(c3ccc(OCc4ccc(C)cc4)cc3)C2=O)cc(Cl)c1OCc1ccc([N+](=O)[O-])cc1. The van der Waals surface area contributed by atoms with E-state index >= 15 is 0 Å². The number of imide groups is 2. The molecule has 12 heteroatoms. The third kappa shape index (κ3) is 7.33. The molecule has 0 bridgehead atoms. The molecule has 1 aliphatic rings. The molecule has 1 heterocycles. The monoisotopic (exact) mass is 641 g/mol. The van der Waals surface area contributed by atoms with E-state index in [4.69, 9.17) is 25.8 Å². The van der Waals surface area contributed by atoms with Gasteiger partial charge in [-0.15, -0.1) is 0 Å². The van der Waals surface area contributed by atoms with Gasteiger partial charge in [-0.25, -0.2) is 9.69 Å². The van der Waals surface area contributed by atoms with Gasteiger partial charge in [0, 0.05) is 12.1 Å². The molecule has 0 unspecified atom stereocenters. The second kappa shape index (κ2) is 14.0. The van der Waals surface area contributed by atoms with Crippen molar-refractivity contribution in [1.29, 1.82) is 0 Å². The van der Waals surface area contributed by atoms with Crippen LogP contribution in [0.1, 0.15) is 29.2 Å². The molecule has 0 radical (unpaired) electrons. The van der Waals surface area contributed by atoms with Gasteiger partial charge in [-0.2, -0.15) is 0 Å². The Morgan fingerprint density at radius 1 is 0.870 bits per heavy atom. The Morgan fingerprint density at radius 3 is 2.13 bits per heavy atom. The summed E-state index contributed by atoms with van der Waals surface area (Å²) in [6, 6.07) is 22.3. The number of barbiturate groups is 1. The van der Waals surface area contributed by atoms with Gasteiger partial charge in [0.15, 0.2) is 11.5 Å². The molecule has 0 aromatic heterocycles. The lowest BCUT2D eigenvalue weighted by molar-refractivity contribution is -0.384. The molecule has 234 valence electrons. The van der Waals surface area contributed by atoms with Gasteiger partial charge in [0.05, 0.1) is 22.2 Å². The number of non-ortho nitro benzene ring substituents is 1. The molecular weight excluding hydrogens is 614 g/mol. The normalized spacial score (nSPS) is 13.8. The first kappa shape index (κ1) is 31.7. The Balaban J connectivity index is 1.34. The minimum Gasteiger partial charge on any atom is -0.490 e. The number of amides is 4. The maximum absolute atomic E-state index is 13.5. The van der Waals surface area contributed by atoms with Crippen molar-refractivity contribution < 1.29 is 33.5 Å². The maximum atomic E-state index is 13.5. The first-order valence-corrected chi connectivity index (χ1v) is 14.5. The largest absolute Gasteiger partial charge is 0.490 e. The molecule has 11 nitrogen and oxygen atoms in total. The van der Waals surface area contributed by atoms with Crippen LogP contribution in [0.25, 0.3) is 6.08 Å². The highest BCUT2D eigenvalue weighted by Crippen LogP contribution is 2.38. The smallest absolute Gasteiger partial charge is 0.335 e. The van der Waals surface area contributed by atoms with Gasteiger partial charge >= 0.3 is 6.03 Å². The Bertz CT molecular complexity index is 1820. The molecule has 46 heavy (non-hydrogen) atoms.